The third-order valence-corrected chi connectivity index (χ3v) is 2.81. The quantitative estimate of drug-likeness (QED) is 0.513. The first-order valence-corrected chi connectivity index (χ1v) is 7.09. The van der Waals surface area contributed by atoms with Gasteiger partial charge in [0, 0.05) is 11.4 Å². The van der Waals surface area contributed by atoms with Crippen LogP contribution in [0.25, 0.3) is 0 Å². The van der Waals surface area contributed by atoms with E-state index in [1.54, 1.807) is 24.3 Å². The van der Waals surface area contributed by atoms with Crippen molar-refractivity contribution >= 4 is 17.5 Å². The molecule has 1 rings (SSSR count). The molecule has 0 aliphatic carbocycles. The van der Waals surface area contributed by atoms with Crippen molar-refractivity contribution in [1.82, 2.24) is 5.48 Å². The lowest BCUT2D eigenvalue weighted by Crippen LogP contribution is -2.25. The summed E-state index contributed by atoms with van der Waals surface area (Å²) in [5.74, 6) is 0.597. The maximum absolute atomic E-state index is 11.4. The average Bonchev–Trinajstić information content (AvgIpc) is 2.45. The van der Waals surface area contributed by atoms with Crippen molar-refractivity contribution in [3.63, 3.8) is 0 Å². The average molecular weight is 301 g/mol. The molecule has 1 aromatic rings. The second kappa shape index (κ2) is 10.5. The van der Waals surface area contributed by atoms with Gasteiger partial charge in [-0.2, -0.15) is 0 Å². The van der Waals surface area contributed by atoms with Gasteiger partial charge in [-0.3, -0.25) is 9.63 Å². The van der Waals surface area contributed by atoms with Gasteiger partial charge < -0.3 is 10.5 Å². The second-order valence-electron chi connectivity index (χ2n) is 4.28. The van der Waals surface area contributed by atoms with Crippen LogP contribution in [0.15, 0.2) is 24.3 Å². The van der Waals surface area contributed by atoms with Crippen molar-refractivity contribution in [3.05, 3.63) is 29.3 Å². The predicted octanol–water partition coefficient (Wildman–Crippen LogP) is 2.29. The SMILES string of the molecule is NCCCCCC(=O)NOCCOc1ccc(Cl)cc1. The fraction of sp³-hybridized carbons (Fsp3) is 0.500. The number of carbonyl (C=O) groups excluding carboxylic acids is 1. The van der Waals surface area contributed by atoms with Gasteiger partial charge in [0.2, 0.25) is 5.91 Å². The molecule has 0 unspecified atom stereocenters. The number of carbonyl (C=O) groups is 1. The Kier molecular flexibility index (Phi) is 8.78. The Morgan fingerprint density at radius 3 is 2.60 bits per heavy atom. The van der Waals surface area contributed by atoms with Crippen LogP contribution in [0.3, 0.4) is 0 Å². The van der Waals surface area contributed by atoms with E-state index in [0.29, 0.717) is 30.3 Å². The van der Waals surface area contributed by atoms with Crippen molar-refractivity contribution < 1.29 is 14.4 Å². The Morgan fingerprint density at radius 2 is 1.90 bits per heavy atom. The Hall–Kier alpha value is -1.30. The lowest BCUT2D eigenvalue weighted by Gasteiger charge is -2.08. The number of hydroxylamine groups is 1. The summed E-state index contributed by atoms with van der Waals surface area (Å²) < 4.78 is 5.41. The number of benzene rings is 1. The number of halogens is 1. The van der Waals surface area contributed by atoms with Crippen LogP contribution in [0.5, 0.6) is 5.75 Å². The minimum atomic E-state index is -0.117. The van der Waals surface area contributed by atoms with Crippen molar-refractivity contribution in [2.75, 3.05) is 19.8 Å². The number of rotatable bonds is 10. The molecule has 0 saturated heterocycles. The Labute approximate surface area is 124 Å². The van der Waals surface area contributed by atoms with Gasteiger partial charge >= 0.3 is 0 Å². The van der Waals surface area contributed by atoms with E-state index in [9.17, 15) is 4.79 Å². The summed E-state index contributed by atoms with van der Waals surface area (Å²) in [6.45, 7) is 1.31. The number of ether oxygens (including phenoxy) is 1. The summed E-state index contributed by atoms with van der Waals surface area (Å²) in [5, 5.41) is 0.662. The van der Waals surface area contributed by atoms with Crippen LogP contribution in [-0.2, 0) is 9.63 Å². The fourth-order valence-corrected chi connectivity index (χ4v) is 1.65. The molecule has 0 bridgehead atoms. The summed E-state index contributed by atoms with van der Waals surface area (Å²) in [5.41, 5.74) is 7.75. The first-order chi connectivity index (χ1) is 9.72. The van der Waals surface area contributed by atoms with Crippen LogP contribution in [0.1, 0.15) is 25.7 Å². The molecule has 0 spiro atoms. The van der Waals surface area contributed by atoms with E-state index in [1.165, 1.54) is 0 Å². The van der Waals surface area contributed by atoms with E-state index in [1.807, 2.05) is 0 Å². The molecule has 6 heteroatoms. The molecular formula is C14H21ClN2O3. The molecule has 1 aromatic carbocycles. The third-order valence-electron chi connectivity index (χ3n) is 2.56. The smallest absolute Gasteiger partial charge is 0.243 e. The van der Waals surface area contributed by atoms with E-state index in [0.717, 1.165) is 19.3 Å². The lowest BCUT2D eigenvalue weighted by molar-refractivity contribution is -0.134. The number of hydrogen-bond donors (Lipinski definition) is 2. The Morgan fingerprint density at radius 1 is 1.15 bits per heavy atom. The Bertz CT molecular complexity index is 385. The standard InChI is InChI=1S/C14H21ClN2O3/c15-12-5-7-13(8-6-12)19-10-11-20-17-14(18)4-2-1-3-9-16/h5-8H,1-4,9-11,16H2,(H,17,18). The molecular weight excluding hydrogens is 280 g/mol. The topological polar surface area (TPSA) is 73.6 Å². The summed E-state index contributed by atoms with van der Waals surface area (Å²) in [4.78, 5) is 16.4. The maximum Gasteiger partial charge on any atom is 0.243 e. The van der Waals surface area contributed by atoms with E-state index in [2.05, 4.69) is 5.48 Å². The molecule has 0 fully saturated rings. The summed E-state index contributed by atoms with van der Waals surface area (Å²) in [6, 6.07) is 7.05. The minimum absolute atomic E-state index is 0.117. The van der Waals surface area contributed by atoms with Crippen molar-refractivity contribution in [1.29, 1.82) is 0 Å². The monoisotopic (exact) mass is 300 g/mol. The van der Waals surface area contributed by atoms with Crippen molar-refractivity contribution in [3.8, 4) is 5.75 Å². The molecule has 112 valence electrons. The van der Waals surface area contributed by atoms with Gasteiger partial charge in [0.1, 0.15) is 19.0 Å². The largest absolute Gasteiger partial charge is 0.491 e. The van der Waals surface area contributed by atoms with Crippen molar-refractivity contribution in [2.24, 2.45) is 5.73 Å². The molecule has 0 heterocycles. The number of nitrogens with one attached hydrogen (secondary N) is 1. The highest BCUT2D eigenvalue weighted by atomic mass is 35.5. The lowest BCUT2D eigenvalue weighted by atomic mass is 10.2. The highest BCUT2D eigenvalue weighted by Gasteiger charge is 2.00. The fourth-order valence-electron chi connectivity index (χ4n) is 1.52. The number of nitrogens with two attached hydrogens (primary N) is 1. The zero-order chi connectivity index (χ0) is 14.6. The van der Waals surface area contributed by atoms with E-state index < -0.39 is 0 Å². The summed E-state index contributed by atoms with van der Waals surface area (Å²) >= 11 is 5.76. The van der Waals surface area contributed by atoms with Crippen LogP contribution in [0, 0.1) is 0 Å². The molecule has 0 radical (unpaired) electrons. The van der Waals surface area contributed by atoms with Crippen LogP contribution < -0.4 is 16.0 Å². The van der Waals surface area contributed by atoms with Gasteiger partial charge in [0.15, 0.2) is 0 Å². The molecule has 20 heavy (non-hydrogen) atoms. The van der Waals surface area contributed by atoms with Gasteiger partial charge in [0.05, 0.1) is 0 Å². The normalized spacial score (nSPS) is 10.3. The van der Waals surface area contributed by atoms with Gasteiger partial charge in [-0.1, -0.05) is 18.0 Å². The number of unbranched alkanes of at least 4 members (excludes halogenated alkanes) is 2. The summed E-state index contributed by atoms with van der Waals surface area (Å²) in [6.07, 6.45) is 3.19. The third kappa shape index (κ3) is 7.99. The molecule has 3 N–H and O–H groups in total. The zero-order valence-electron chi connectivity index (χ0n) is 11.4. The molecule has 1 amide bonds. The van der Waals surface area contributed by atoms with E-state index in [4.69, 9.17) is 26.9 Å². The van der Waals surface area contributed by atoms with Gasteiger partial charge in [0.25, 0.3) is 0 Å². The van der Waals surface area contributed by atoms with Gasteiger partial charge in [-0.25, -0.2) is 5.48 Å². The second-order valence-corrected chi connectivity index (χ2v) is 4.71. The number of hydrogen-bond acceptors (Lipinski definition) is 4. The molecule has 0 saturated carbocycles. The van der Waals surface area contributed by atoms with Crippen molar-refractivity contribution in [2.45, 2.75) is 25.7 Å². The number of amides is 1. The van der Waals surface area contributed by atoms with E-state index >= 15 is 0 Å². The molecule has 0 aliphatic heterocycles. The highest BCUT2D eigenvalue weighted by molar-refractivity contribution is 6.30. The molecule has 0 atom stereocenters. The first-order valence-electron chi connectivity index (χ1n) is 6.71. The van der Waals surface area contributed by atoms with Crippen LogP contribution in [0.2, 0.25) is 5.02 Å². The maximum atomic E-state index is 11.4. The zero-order valence-corrected chi connectivity index (χ0v) is 12.2. The summed E-state index contributed by atoms with van der Waals surface area (Å²) in [7, 11) is 0. The highest BCUT2D eigenvalue weighted by Crippen LogP contribution is 2.15. The molecule has 0 aliphatic rings. The molecule has 0 aromatic heterocycles. The van der Waals surface area contributed by atoms with Gasteiger partial charge in [-0.05, 0) is 43.7 Å². The first kappa shape index (κ1) is 16.8. The van der Waals surface area contributed by atoms with Crippen LogP contribution in [0.4, 0.5) is 0 Å². The minimum Gasteiger partial charge on any atom is -0.491 e. The molecule has 5 nitrogen and oxygen atoms in total. The Balaban J connectivity index is 1.98. The van der Waals surface area contributed by atoms with Crippen LogP contribution in [-0.4, -0.2) is 25.7 Å². The van der Waals surface area contributed by atoms with Gasteiger partial charge in [-0.15, -0.1) is 0 Å². The predicted molar refractivity (Wildman–Crippen MR) is 78.6 cm³/mol. The van der Waals surface area contributed by atoms with Crippen LogP contribution >= 0.6 is 11.6 Å². The van der Waals surface area contributed by atoms with E-state index in [-0.39, 0.29) is 12.5 Å².